The van der Waals surface area contributed by atoms with Gasteiger partial charge in [0.2, 0.25) is 0 Å². The van der Waals surface area contributed by atoms with Crippen molar-refractivity contribution in [1.82, 2.24) is 30.0 Å². The number of piperidine rings is 1. The minimum absolute atomic E-state index is 0.410. The first-order chi connectivity index (χ1) is 15.2. The number of H-pyrrole nitrogens is 1. The van der Waals surface area contributed by atoms with Crippen LogP contribution in [0.25, 0.3) is 33.5 Å². The number of aromatic amines is 1. The van der Waals surface area contributed by atoms with E-state index in [4.69, 9.17) is 20.2 Å². The maximum Gasteiger partial charge on any atom is 0.163 e. The lowest BCUT2D eigenvalue weighted by molar-refractivity contribution is 0.343. The van der Waals surface area contributed by atoms with Crippen LogP contribution < -0.4 is 20.5 Å². The Balaban J connectivity index is 1.51. The number of pyridine rings is 1. The Morgan fingerprint density at radius 2 is 1.81 bits per heavy atom. The van der Waals surface area contributed by atoms with Crippen LogP contribution in [0, 0.1) is 0 Å². The van der Waals surface area contributed by atoms with Crippen molar-refractivity contribution in [2.45, 2.75) is 18.9 Å². The van der Waals surface area contributed by atoms with Gasteiger partial charge in [-0.2, -0.15) is 5.10 Å². The molecule has 0 radical (unpaired) electrons. The molecule has 0 aliphatic carbocycles. The molecule has 0 amide bonds. The van der Waals surface area contributed by atoms with Gasteiger partial charge in [0.25, 0.3) is 0 Å². The molecule has 1 aliphatic heterocycles. The summed E-state index contributed by atoms with van der Waals surface area (Å²) >= 11 is 0. The van der Waals surface area contributed by atoms with E-state index in [2.05, 4.69) is 31.3 Å². The van der Waals surface area contributed by atoms with Gasteiger partial charge in [-0.1, -0.05) is 0 Å². The molecule has 0 unspecified atom stereocenters. The topological polar surface area (TPSA) is 116 Å². The molecule has 9 nitrogen and oxygen atoms in total. The lowest BCUT2D eigenvalue weighted by atomic mass is 10.1. The van der Waals surface area contributed by atoms with Gasteiger partial charge >= 0.3 is 0 Å². The van der Waals surface area contributed by atoms with Crippen molar-refractivity contribution in [3.05, 3.63) is 36.8 Å². The third kappa shape index (κ3) is 3.57. The van der Waals surface area contributed by atoms with Gasteiger partial charge in [-0.3, -0.25) is 4.68 Å². The number of nitrogens with two attached hydrogens (primary N) is 1. The molecule has 4 aromatic rings. The van der Waals surface area contributed by atoms with E-state index in [1.54, 1.807) is 20.4 Å². The maximum absolute atomic E-state index is 6.21. The Kier molecular flexibility index (Phi) is 4.95. The van der Waals surface area contributed by atoms with Gasteiger partial charge in [0.1, 0.15) is 11.6 Å². The summed E-state index contributed by atoms with van der Waals surface area (Å²) in [6.07, 6.45) is 7.91. The number of aromatic nitrogens is 5. The number of hydrogen-bond acceptors (Lipinski definition) is 7. The van der Waals surface area contributed by atoms with E-state index in [9.17, 15) is 0 Å². The van der Waals surface area contributed by atoms with Crippen LogP contribution in [-0.4, -0.2) is 52.0 Å². The molecule has 1 aliphatic rings. The first-order valence-electron chi connectivity index (χ1n) is 10.3. The van der Waals surface area contributed by atoms with E-state index in [0.717, 1.165) is 53.7 Å². The van der Waals surface area contributed by atoms with Crippen molar-refractivity contribution in [3.8, 4) is 34.0 Å². The van der Waals surface area contributed by atoms with Gasteiger partial charge in [-0.25, -0.2) is 9.97 Å². The fraction of sp³-hybridized carbons (Fsp3) is 0.318. The Morgan fingerprint density at radius 1 is 1.03 bits per heavy atom. The van der Waals surface area contributed by atoms with Gasteiger partial charge in [0.15, 0.2) is 11.5 Å². The van der Waals surface area contributed by atoms with E-state index >= 15 is 0 Å². The molecule has 0 atom stereocenters. The lowest BCUT2D eigenvalue weighted by Crippen LogP contribution is -2.29. The molecule has 4 heterocycles. The standard InChI is InChI=1S/C22H25N7O2/c1-30-19-8-17-18(9-20(19)31-2)28-22(27-17)16-7-13(10-25-21(16)23)14-11-26-29(12-14)15-3-5-24-6-4-15/h7-12,15,24H,3-6H2,1-2H3,(H2,23,25)(H,27,28). The number of nitrogens with one attached hydrogen (secondary N) is 2. The molecule has 9 heteroatoms. The molecule has 3 aromatic heterocycles. The number of fused-ring (bicyclic) bond motifs is 1. The van der Waals surface area contributed by atoms with E-state index < -0.39 is 0 Å². The molecular formula is C22H25N7O2. The molecule has 0 spiro atoms. The minimum atomic E-state index is 0.410. The average molecular weight is 419 g/mol. The van der Waals surface area contributed by atoms with Gasteiger partial charge < -0.3 is 25.5 Å². The molecular weight excluding hydrogens is 394 g/mol. The summed E-state index contributed by atoms with van der Waals surface area (Å²) in [5, 5.41) is 7.98. The number of hydrogen-bond donors (Lipinski definition) is 3. The summed E-state index contributed by atoms with van der Waals surface area (Å²) in [4.78, 5) is 12.4. The fourth-order valence-electron chi connectivity index (χ4n) is 4.05. The normalized spacial score (nSPS) is 14.8. The fourth-order valence-corrected chi connectivity index (χ4v) is 4.05. The number of benzene rings is 1. The Hall–Kier alpha value is -3.59. The predicted octanol–water partition coefficient (Wildman–Crippen LogP) is 3.01. The zero-order valence-electron chi connectivity index (χ0n) is 17.6. The second kappa shape index (κ2) is 7.92. The van der Waals surface area contributed by atoms with Crippen molar-refractivity contribution < 1.29 is 9.47 Å². The van der Waals surface area contributed by atoms with Crippen molar-refractivity contribution in [3.63, 3.8) is 0 Å². The van der Waals surface area contributed by atoms with Crippen molar-refractivity contribution in [2.75, 3.05) is 33.0 Å². The molecule has 1 aromatic carbocycles. The summed E-state index contributed by atoms with van der Waals surface area (Å²) in [6, 6.07) is 6.13. The lowest BCUT2D eigenvalue weighted by Gasteiger charge is -2.22. The molecule has 0 bridgehead atoms. The van der Waals surface area contributed by atoms with E-state index in [1.807, 2.05) is 24.4 Å². The summed E-state index contributed by atoms with van der Waals surface area (Å²) in [6.45, 7) is 2.05. The Morgan fingerprint density at radius 3 is 2.58 bits per heavy atom. The molecule has 31 heavy (non-hydrogen) atoms. The zero-order valence-corrected chi connectivity index (χ0v) is 17.6. The third-order valence-corrected chi connectivity index (χ3v) is 5.78. The second-order valence-electron chi connectivity index (χ2n) is 7.66. The SMILES string of the molecule is COc1cc2nc(-c3cc(-c4cnn(C5CCNCC5)c4)cnc3N)[nH]c2cc1OC. The third-order valence-electron chi connectivity index (χ3n) is 5.78. The van der Waals surface area contributed by atoms with Gasteiger partial charge in [-0.15, -0.1) is 0 Å². The highest BCUT2D eigenvalue weighted by atomic mass is 16.5. The quantitative estimate of drug-likeness (QED) is 0.455. The highest BCUT2D eigenvalue weighted by Gasteiger charge is 2.18. The highest BCUT2D eigenvalue weighted by Crippen LogP contribution is 2.34. The van der Waals surface area contributed by atoms with E-state index in [0.29, 0.717) is 29.2 Å². The zero-order chi connectivity index (χ0) is 21.4. The summed E-state index contributed by atoms with van der Waals surface area (Å²) in [7, 11) is 3.21. The monoisotopic (exact) mass is 419 g/mol. The van der Waals surface area contributed by atoms with Crippen LogP contribution >= 0.6 is 0 Å². The molecule has 160 valence electrons. The maximum atomic E-state index is 6.21. The molecule has 4 N–H and O–H groups in total. The summed E-state index contributed by atoms with van der Waals surface area (Å²) in [5.74, 6) is 2.31. The Labute approximate surface area is 179 Å². The van der Waals surface area contributed by atoms with Gasteiger partial charge in [0, 0.05) is 35.7 Å². The predicted molar refractivity (Wildman–Crippen MR) is 119 cm³/mol. The second-order valence-corrected chi connectivity index (χ2v) is 7.66. The highest BCUT2D eigenvalue weighted by molar-refractivity contribution is 5.85. The number of imidazole rings is 1. The molecule has 1 fully saturated rings. The van der Waals surface area contributed by atoms with Crippen LogP contribution in [-0.2, 0) is 0 Å². The molecule has 1 saturated heterocycles. The number of nitrogen functional groups attached to an aromatic ring is 1. The van der Waals surface area contributed by atoms with Crippen LogP contribution in [0.2, 0.25) is 0 Å². The van der Waals surface area contributed by atoms with Crippen molar-refractivity contribution in [2.24, 2.45) is 0 Å². The average Bonchev–Trinajstić information content (AvgIpc) is 3.46. The van der Waals surface area contributed by atoms with Crippen LogP contribution in [0.1, 0.15) is 18.9 Å². The summed E-state index contributed by atoms with van der Waals surface area (Å²) < 4.78 is 12.8. The number of rotatable bonds is 5. The largest absolute Gasteiger partial charge is 0.493 e. The van der Waals surface area contributed by atoms with E-state index in [1.165, 1.54) is 0 Å². The molecule has 0 saturated carbocycles. The van der Waals surface area contributed by atoms with Crippen molar-refractivity contribution in [1.29, 1.82) is 0 Å². The van der Waals surface area contributed by atoms with Crippen LogP contribution in [0.5, 0.6) is 11.5 Å². The number of methoxy groups -OCH3 is 2. The first kappa shape index (κ1) is 19.4. The van der Waals surface area contributed by atoms with Crippen molar-refractivity contribution >= 4 is 16.9 Å². The van der Waals surface area contributed by atoms with E-state index in [-0.39, 0.29) is 0 Å². The van der Waals surface area contributed by atoms with Gasteiger partial charge in [-0.05, 0) is 32.0 Å². The van der Waals surface area contributed by atoms with Crippen LogP contribution in [0.4, 0.5) is 5.82 Å². The minimum Gasteiger partial charge on any atom is -0.493 e. The number of ether oxygens (including phenoxy) is 2. The van der Waals surface area contributed by atoms with Gasteiger partial charge in [0.05, 0.1) is 43.1 Å². The van der Waals surface area contributed by atoms with Crippen LogP contribution in [0.3, 0.4) is 0 Å². The Bertz CT molecular complexity index is 1180. The van der Waals surface area contributed by atoms with Crippen LogP contribution in [0.15, 0.2) is 36.8 Å². The number of anilines is 1. The summed E-state index contributed by atoms with van der Waals surface area (Å²) in [5.41, 5.74) is 10.5. The molecule has 5 rings (SSSR count). The number of nitrogens with zero attached hydrogens (tertiary/aromatic N) is 4. The first-order valence-corrected chi connectivity index (χ1v) is 10.3. The smallest absolute Gasteiger partial charge is 0.163 e.